The molecule has 0 aromatic rings. The Labute approximate surface area is 100 Å². The maximum Gasteiger partial charge on any atom is 1.00 e. The maximum atomic E-state index is 8.51. The summed E-state index contributed by atoms with van der Waals surface area (Å²) in [5.74, 6) is 0.751. The Morgan fingerprint density at radius 1 is 0.786 bits per heavy atom. The standard InChI is InChI=1S/C12H22N.Li/c13-12(9-5-2-6-10-12)11-7-3-1-4-8-11;/h11,13H,1-10H2;/q-1;+1. The van der Waals surface area contributed by atoms with Crippen LogP contribution in [0.2, 0.25) is 0 Å². The molecule has 2 rings (SSSR count). The SMILES string of the molecule is [Li+].[NH-]C1(C2CCCCC2)CCCCC1. The van der Waals surface area contributed by atoms with Gasteiger partial charge in [-0.15, -0.1) is 5.54 Å². The van der Waals surface area contributed by atoms with Gasteiger partial charge >= 0.3 is 18.9 Å². The van der Waals surface area contributed by atoms with Crippen molar-refractivity contribution in [3.63, 3.8) is 0 Å². The molecule has 0 unspecified atom stereocenters. The zero-order valence-electron chi connectivity index (χ0n) is 9.65. The number of hydrogen-bond donors (Lipinski definition) is 0. The largest absolute Gasteiger partial charge is 1.00 e. The van der Waals surface area contributed by atoms with E-state index < -0.39 is 0 Å². The van der Waals surface area contributed by atoms with Gasteiger partial charge in [-0.25, -0.2) is 0 Å². The van der Waals surface area contributed by atoms with E-state index in [9.17, 15) is 0 Å². The molecule has 2 aliphatic rings. The Kier molecular flexibility index (Phi) is 5.04. The fourth-order valence-electron chi connectivity index (χ4n) is 3.25. The second kappa shape index (κ2) is 5.59. The second-order valence-electron chi connectivity index (χ2n) is 5.05. The quantitative estimate of drug-likeness (QED) is 0.553. The van der Waals surface area contributed by atoms with Crippen LogP contribution in [0.5, 0.6) is 0 Å². The van der Waals surface area contributed by atoms with Crippen LogP contribution in [0.15, 0.2) is 0 Å². The third-order valence-electron chi connectivity index (χ3n) is 4.13. The average molecular weight is 187 g/mol. The van der Waals surface area contributed by atoms with Gasteiger partial charge in [0.15, 0.2) is 0 Å². The molecular formula is C12H22LiN. The first-order valence-corrected chi connectivity index (χ1v) is 6.06. The molecule has 1 N–H and O–H groups in total. The summed E-state index contributed by atoms with van der Waals surface area (Å²) in [5.41, 5.74) is 8.51. The van der Waals surface area contributed by atoms with Crippen LogP contribution in [0.3, 0.4) is 0 Å². The van der Waals surface area contributed by atoms with Gasteiger partial charge in [0.2, 0.25) is 0 Å². The van der Waals surface area contributed by atoms with Gasteiger partial charge in [-0.1, -0.05) is 70.1 Å². The molecule has 2 aliphatic carbocycles. The third-order valence-corrected chi connectivity index (χ3v) is 4.13. The van der Waals surface area contributed by atoms with Crippen molar-refractivity contribution in [2.45, 2.75) is 69.7 Å². The summed E-state index contributed by atoms with van der Waals surface area (Å²) < 4.78 is 0. The van der Waals surface area contributed by atoms with Crippen LogP contribution in [0.4, 0.5) is 0 Å². The molecule has 0 heterocycles. The molecule has 0 atom stereocenters. The molecule has 2 heteroatoms. The number of rotatable bonds is 1. The molecule has 0 aliphatic heterocycles. The second-order valence-corrected chi connectivity index (χ2v) is 5.05. The normalized spacial score (nSPS) is 28.1. The van der Waals surface area contributed by atoms with Crippen molar-refractivity contribution >= 4 is 0 Å². The predicted molar refractivity (Wildman–Crippen MR) is 56.7 cm³/mol. The van der Waals surface area contributed by atoms with Gasteiger partial charge in [0.25, 0.3) is 0 Å². The van der Waals surface area contributed by atoms with Crippen LogP contribution >= 0.6 is 0 Å². The molecule has 0 saturated heterocycles. The van der Waals surface area contributed by atoms with Crippen molar-refractivity contribution in [2.75, 3.05) is 0 Å². The Morgan fingerprint density at radius 3 is 1.86 bits per heavy atom. The topological polar surface area (TPSA) is 23.8 Å². The van der Waals surface area contributed by atoms with Crippen LogP contribution in [0, 0.1) is 5.92 Å². The molecule has 0 bridgehead atoms. The van der Waals surface area contributed by atoms with Gasteiger partial charge in [-0.05, 0) is 0 Å². The van der Waals surface area contributed by atoms with Gasteiger partial charge in [-0.2, -0.15) is 0 Å². The molecule has 0 spiro atoms. The molecule has 0 radical (unpaired) electrons. The molecule has 0 amide bonds. The Bertz CT molecular complexity index is 158. The predicted octanol–water partition coefficient (Wildman–Crippen LogP) is 1.33. The smallest absolute Gasteiger partial charge is 0.672 e. The van der Waals surface area contributed by atoms with Crippen molar-refractivity contribution in [3.05, 3.63) is 5.73 Å². The van der Waals surface area contributed by atoms with E-state index in [2.05, 4.69) is 0 Å². The molecule has 2 fully saturated rings. The summed E-state index contributed by atoms with van der Waals surface area (Å²) in [7, 11) is 0. The first-order chi connectivity index (χ1) is 6.31. The molecule has 2 saturated carbocycles. The van der Waals surface area contributed by atoms with Gasteiger partial charge in [0, 0.05) is 0 Å². The van der Waals surface area contributed by atoms with Crippen molar-refractivity contribution in [3.8, 4) is 0 Å². The molecule has 0 aromatic heterocycles. The first-order valence-electron chi connectivity index (χ1n) is 6.06. The summed E-state index contributed by atoms with van der Waals surface area (Å²) >= 11 is 0. The van der Waals surface area contributed by atoms with Crippen LogP contribution in [0.25, 0.3) is 5.73 Å². The van der Waals surface area contributed by atoms with Gasteiger partial charge < -0.3 is 5.73 Å². The summed E-state index contributed by atoms with van der Waals surface area (Å²) in [6.45, 7) is 0. The summed E-state index contributed by atoms with van der Waals surface area (Å²) in [4.78, 5) is 0. The van der Waals surface area contributed by atoms with Crippen molar-refractivity contribution < 1.29 is 18.9 Å². The molecule has 14 heavy (non-hydrogen) atoms. The Hall–Kier alpha value is 0.557. The number of hydrogen-bond acceptors (Lipinski definition) is 0. The Balaban J connectivity index is 0.000000980. The summed E-state index contributed by atoms with van der Waals surface area (Å²) in [6, 6.07) is 0. The van der Waals surface area contributed by atoms with Gasteiger partial charge in [-0.3, -0.25) is 0 Å². The molecule has 76 valence electrons. The van der Waals surface area contributed by atoms with Gasteiger partial charge in [0.1, 0.15) is 0 Å². The molecule has 0 aromatic carbocycles. The average Bonchev–Trinajstić information content (AvgIpc) is 2.20. The molecular weight excluding hydrogens is 165 g/mol. The van der Waals surface area contributed by atoms with Crippen LogP contribution in [0.1, 0.15) is 64.2 Å². The van der Waals surface area contributed by atoms with Crippen LogP contribution in [-0.4, -0.2) is 5.54 Å². The van der Waals surface area contributed by atoms with E-state index in [0.717, 1.165) is 5.92 Å². The van der Waals surface area contributed by atoms with Crippen molar-refractivity contribution in [1.82, 2.24) is 0 Å². The van der Waals surface area contributed by atoms with E-state index in [1.807, 2.05) is 0 Å². The minimum atomic E-state index is -0.00132. The Morgan fingerprint density at radius 2 is 1.29 bits per heavy atom. The van der Waals surface area contributed by atoms with Crippen LogP contribution < -0.4 is 18.9 Å². The van der Waals surface area contributed by atoms with E-state index in [4.69, 9.17) is 5.73 Å². The number of nitrogens with one attached hydrogen (secondary N) is 1. The maximum absolute atomic E-state index is 8.51. The summed E-state index contributed by atoms with van der Waals surface area (Å²) in [5, 5.41) is 0. The first kappa shape index (κ1) is 12.6. The fraction of sp³-hybridized carbons (Fsp3) is 1.00. The van der Waals surface area contributed by atoms with E-state index in [1.165, 1.54) is 64.2 Å². The zero-order valence-corrected chi connectivity index (χ0v) is 9.65. The van der Waals surface area contributed by atoms with E-state index in [1.54, 1.807) is 0 Å². The van der Waals surface area contributed by atoms with E-state index >= 15 is 0 Å². The van der Waals surface area contributed by atoms with E-state index in [-0.39, 0.29) is 24.4 Å². The third kappa shape index (κ3) is 2.78. The minimum Gasteiger partial charge on any atom is -0.672 e. The minimum absolute atomic E-state index is 0. The summed E-state index contributed by atoms with van der Waals surface area (Å²) in [6.07, 6.45) is 13.3. The van der Waals surface area contributed by atoms with Crippen molar-refractivity contribution in [1.29, 1.82) is 0 Å². The van der Waals surface area contributed by atoms with Crippen LogP contribution in [-0.2, 0) is 0 Å². The van der Waals surface area contributed by atoms with E-state index in [0.29, 0.717) is 0 Å². The van der Waals surface area contributed by atoms with Crippen molar-refractivity contribution in [2.24, 2.45) is 5.92 Å². The monoisotopic (exact) mass is 187 g/mol. The van der Waals surface area contributed by atoms with Gasteiger partial charge in [0.05, 0.1) is 0 Å². The molecule has 1 nitrogen and oxygen atoms in total. The zero-order chi connectivity index (χ0) is 9.15. The fourth-order valence-corrected chi connectivity index (χ4v) is 3.25.